The SMILES string of the molecule is CN(CCO)c1ccc(NCc2cc(-c3ccccc3)n[nH]2)nc1. The van der Waals surface area contributed by atoms with Gasteiger partial charge in [-0.05, 0) is 18.2 Å². The fourth-order valence-electron chi connectivity index (χ4n) is 2.39. The molecule has 0 spiro atoms. The molecule has 2 heterocycles. The van der Waals surface area contributed by atoms with Crippen molar-refractivity contribution in [3.63, 3.8) is 0 Å². The zero-order chi connectivity index (χ0) is 16.8. The number of aliphatic hydroxyl groups excluding tert-OH is 1. The van der Waals surface area contributed by atoms with E-state index in [1.165, 1.54) is 0 Å². The Morgan fingerprint density at radius 1 is 1.17 bits per heavy atom. The Labute approximate surface area is 141 Å². The summed E-state index contributed by atoms with van der Waals surface area (Å²) in [5, 5.41) is 19.6. The zero-order valence-corrected chi connectivity index (χ0v) is 13.6. The molecule has 6 heteroatoms. The summed E-state index contributed by atoms with van der Waals surface area (Å²) in [6, 6.07) is 16.0. The van der Waals surface area contributed by atoms with Gasteiger partial charge in [-0.3, -0.25) is 5.10 Å². The molecule has 3 N–H and O–H groups in total. The van der Waals surface area contributed by atoms with Crippen molar-refractivity contribution < 1.29 is 5.11 Å². The molecular weight excluding hydrogens is 302 g/mol. The van der Waals surface area contributed by atoms with Crippen molar-refractivity contribution in [2.24, 2.45) is 0 Å². The van der Waals surface area contributed by atoms with E-state index in [9.17, 15) is 0 Å². The third kappa shape index (κ3) is 3.91. The highest BCUT2D eigenvalue weighted by Gasteiger charge is 2.04. The van der Waals surface area contributed by atoms with Gasteiger partial charge < -0.3 is 15.3 Å². The molecule has 0 aliphatic rings. The lowest BCUT2D eigenvalue weighted by atomic mass is 10.1. The maximum atomic E-state index is 8.96. The van der Waals surface area contributed by atoms with Crippen LogP contribution < -0.4 is 10.2 Å². The Kier molecular flexibility index (Phi) is 5.08. The van der Waals surface area contributed by atoms with Gasteiger partial charge in [-0.25, -0.2) is 4.98 Å². The van der Waals surface area contributed by atoms with Gasteiger partial charge in [0.1, 0.15) is 5.82 Å². The van der Waals surface area contributed by atoms with Crippen LogP contribution in [0.2, 0.25) is 0 Å². The van der Waals surface area contributed by atoms with Crippen LogP contribution in [0, 0.1) is 0 Å². The second-order valence-corrected chi connectivity index (χ2v) is 5.54. The summed E-state index contributed by atoms with van der Waals surface area (Å²) in [5.74, 6) is 0.798. The van der Waals surface area contributed by atoms with Crippen LogP contribution >= 0.6 is 0 Å². The first-order chi connectivity index (χ1) is 11.8. The van der Waals surface area contributed by atoms with Gasteiger partial charge in [-0.1, -0.05) is 30.3 Å². The normalized spacial score (nSPS) is 10.6. The quantitative estimate of drug-likeness (QED) is 0.623. The molecule has 0 bridgehead atoms. The van der Waals surface area contributed by atoms with Gasteiger partial charge in [-0.15, -0.1) is 0 Å². The second kappa shape index (κ2) is 7.61. The van der Waals surface area contributed by atoms with Crippen LogP contribution in [0.3, 0.4) is 0 Å². The average molecular weight is 323 g/mol. The van der Waals surface area contributed by atoms with E-state index in [-0.39, 0.29) is 6.61 Å². The molecule has 0 saturated heterocycles. The van der Waals surface area contributed by atoms with Crippen molar-refractivity contribution in [1.29, 1.82) is 0 Å². The summed E-state index contributed by atoms with van der Waals surface area (Å²) >= 11 is 0. The number of nitrogens with one attached hydrogen (secondary N) is 2. The van der Waals surface area contributed by atoms with Gasteiger partial charge in [0.15, 0.2) is 0 Å². The zero-order valence-electron chi connectivity index (χ0n) is 13.6. The number of hydrogen-bond acceptors (Lipinski definition) is 5. The van der Waals surface area contributed by atoms with Crippen LogP contribution in [-0.4, -0.2) is 40.5 Å². The van der Waals surface area contributed by atoms with Crippen LogP contribution in [0.4, 0.5) is 11.5 Å². The second-order valence-electron chi connectivity index (χ2n) is 5.54. The largest absolute Gasteiger partial charge is 0.395 e. The van der Waals surface area contributed by atoms with Gasteiger partial charge in [0.05, 0.1) is 36.4 Å². The van der Waals surface area contributed by atoms with Crippen LogP contribution in [0.5, 0.6) is 0 Å². The number of likely N-dealkylation sites (N-methyl/N-ethyl adjacent to an activating group) is 1. The number of H-pyrrole nitrogens is 1. The van der Waals surface area contributed by atoms with Gasteiger partial charge in [0.25, 0.3) is 0 Å². The lowest BCUT2D eigenvalue weighted by Gasteiger charge is -2.17. The van der Waals surface area contributed by atoms with Gasteiger partial charge in [0.2, 0.25) is 0 Å². The van der Waals surface area contributed by atoms with E-state index in [4.69, 9.17) is 5.11 Å². The van der Waals surface area contributed by atoms with Crippen LogP contribution in [0.25, 0.3) is 11.3 Å². The highest BCUT2D eigenvalue weighted by Crippen LogP contribution is 2.18. The van der Waals surface area contributed by atoms with Gasteiger partial charge in [0, 0.05) is 19.2 Å². The number of hydrogen-bond donors (Lipinski definition) is 3. The van der Waals surface area contributed by atoms with Gasteiger partial charge >= 0.3 is 0 Å². The molecule has 24 heavy (non-hydrogen) atoms. The van der Waals surface area contributed by atoms with E-state index in [0.717, 1.165) is 28.5 Å². The maximum Gasteiger partial charge on any atom is 0.126 e. The first-order valence-electron chi connectivity index (χ1n) is 7.88. The maximum absolute atomic E-state index is 8.96. The predicted molar refractivity (Wildman–Crippen MR) is 95.9 cm³/mol. The summed E-state index contributed by atoms with van der Waals surface area (Å²) < 4.78 is 0. The number of benzene rings is 1. The number of nitrogens with zero attached hydrogens (tertiary/aromatic N) is 3. The number of aromatic nitrogens is 3. The van der Waals surface area contributed by atoms with Crippen molar-refractivity contribution in [3.8, 4) is 11.3 Å². The van der Waals surface area contributed by atoms with E-state index in [0.29, 0.717) is 13.1 Å². The Bertz CT molecular complexity index is 755. The fraction of sp³-hybridized carbons (Fsp3) is 0.222. The Balaban J connectivity index is 1.59. The van der Waals surface area contributed by atoms with E-state index >= 15 is 0 Å². The van der Waals surface area contributed by atoms with E-state index in [1.54, 1.807) is 6.20 Å². The van der Waals surface area contributed by atoms with Gasteiger partial charge in [-0.2, -0.15) is 5.10 Å². The van der Waals surface area contributed by atoms with E-state index in [2.05, 4.69) is 20.5 Å². The molecule has 0 amide bonds. The lowest BCUT2D eigenvalue weighted by molar-refractivity contribution is 0.304. The standard InChI is InChI=1S/C18H21N5O/c1-23(9-10-24)16-7-8-18(20-13-16)19-12-15-11-17(22-21-15)14-5-3-2-4-6-14/h2-8,11,13,24H,9-10,12H2,1H3,(H,19,20)(H,21,22). The molecule has 0 aliphatic carbocycles. The minimum absolute atomic E-state index is 0.125. The van der Waals surface area contributed by atoms with Crippen molar-refractivity contribution in [1.82, 2.24) is 15.2 Å². The highest BCUT2D eigenvalue weighted by atomic mass is 16.3. The summed E-state index contributed by atoms with van der Waals surface area (Å²) in [7, 11) is 1.93. The molecule has 0 unspecified atom stereocenters. The first-order valence-corrected chi connectivity index (χ1v) is 7.88. The number of aromatic amines is 1. The predicted octanol–water partition coefficient (Wildman–Crippen LogP) is 2.51. The molecule has 0 atom stereocenters. The summed E-state index contributed by atoms with van der Waals surface area (Å²) in [4.78, 5) is 6.35. The molecule has 6 nitrogen and oxygen atoms in total. The smallest absolute Gasteiger partial charge is 0.126 e. The Morgan fingerprint density at radius 2 is 2.00 bits per heavy atom. The topological polar surface area (TPSA) is 77.1 Å². The van der Waals surface area contributed by atoms with Crippen LogP contribution in [-0.2, 0) is 6.54 Å². The van der Waals surface area contributed by atoms with E-state index in [1.807, 2.05) is 60.5 Å². The van der Waals surface area contributed by atoms with Crippen molar-refractivity contribution in [3.05, 3.63) is 60.4 Å². The molecule has 3 aromatic rings. The van der Waals surface area contributed by atoms with Crippen LogP contribution in [0.1, 0.15) is 5.69 Å². The summed E-state index contributed by atoms with van der Waals surface area (Å²) in [6.45, 7) is 1.34. The first kappa shape index (κ1) is 16.0. The Morgan fingerprint density at radius 3 is 2.71 bits per heavy atom. The molecule has 0 aliphatic heterocycles. The van der Waals surface area contributed by atoms with Crippen molar-refractivity contribution >= 4 is 11.5 Å². The molecule has 0 fully saturated rings. The number of rotatable bonds is 7. The molecule has 1 aromatic carbocycles. The third-order valence-corrected chi connectivity index (χ3v) is 3.78. The highest BCUT2D eigenvalue weighted by molar-refractivity contribution is 5.59. The van der Waals surface area contributed by atoms with E-state index < -0.39 is 0 Å². The molecule has 0 radical (unpaired) electrons. The monoisotopic (exact) mass is 323 g/mol. The lowest BCUT2D eigenvalue weighted by Crippen LogP contribution is -2.21. The number of anilines is 2. The molecular formula is C18H21N5O. The molecule has 124 valence electrons. The average Bonchev–Trinajstić information content (AvgIpc) is 3.10. The van der Waals surface area contributed by atoms with Crippen molar-refractivity contribution in [2.45, 2.75) is 6.54 Å². The molecule has 0 saturated carbocycles. The Hall–Kier alpha value is -2.86. The molecule has 2 aromatic heterocycles. The minimum atomic E-state index is 0.125. The number of pyridine rings is 1. The van der Waals surface area contributed by atoms with Crippen LogP contribution in [0.15, 0.2) is 54.7 Å². The van der Waals surface area contributed by atoms with Crippen molar-refractivity contribution in [2.75, 3.05) is 30.4 Å². The summed E-state index contributed by atoms with van der Waals surface area (Å²) in [6.07, 6.45) is 1.79. The third-order valence-electron chi connectivity index (χ3n) is 3.78. The molecule has 3 rings (SSSR count). The summed E-state index contributed by atoms with van der Waals surface area (Å²) in [5.41, 5.74) is 4.00. The minimum Gasteiger partial charge on any atom is -0.395 e. The number of aliphatic hydroxyl groups is 1. The fourth-order valence-corrected chi connectivity index (χ4v) is 2.39.